The summed E-state index contributed by atoms with van der Waals surface area (Å²) in [5.74, 6) is 0.252. The lowest BCUT2D eigenvalue weighted by atomic mass is 9.98. The summed E-state index contributed by atoms with van der Waals surface area (Å²) in [7, 11) is 0. The normalized spacial score (nSPS) is 23.6. The molecule has 0 radical (unpaired) electrons. The van der Waals surface area contributed by atoms with Crippen LogP contribution >= 0.6 is 0 Å². The van der Waals surface area contributed by atoms with Crippen molar-refractivity contribution in [3.8, 4) is 0 Å². The monoisotopic (exact) mass is 279 g/mol. The molecule has 1 aliphatic carbocycles. The van der Waals surface area contributed by atoms with Crippen molar-refractivity contribution in [1.82, 2.24) is 14.7 Å². The third kappa shape index (κ3) is 2.13. The van der Waals surface area contributed by atoms with E-state index in [1.165, 1.54) is 4.90 Å². The molecule has 2 atom stereocenters. The van der Waals surface area contributed by atoms with Gasteiger partial charge in [0.05, 0.1) is 12.3 Å². The molecule has 0 saturated carbocycles. The second-order valence-electron chi connectivity index (χ2n) is 5.29. The number of amides is 1. The number of likely N-dealkylation sites (tertiary alicyclic amines) is 1. The van der Waals surface area contributed by atoms with Crippen LogP contribution in [0.2, 0.25) is 0 Å². The zero-order valence-electron chi connectivity index (χ0n) is 11.3. The Hall–Kier alpha value is -2.05. The summed E-state index contributed by atoms with van der Waals surface area (Å²) in [5, 5.41) is 13.5. The van der Waals surface area contributed by atoms with Gasteiger partial charge in [-0.15, -0.1) is 0 Å². The zero-order valence-corrected chi connectivity index (χ0v) is 11.3. The SMILES string of the molecule is CCOC(=O)Cn1cc2c(n1)CC1CN(C(=O)O)CC21. The molecule has 1 saturated heterocycles. The second kappa shape index (κ2) is 4.81. The molecule has 2 aliphatic rings. The number of carbonyl (C=O) groups excluding carboxylic acids is 1. The minimum Gasteiger partial charge on any atom is -0.465 e. The summed E-state index contributed by atoms with van der Waals surface area (Å²) in [6.07, 6.45) is 1.79. The Morgan fingerprint density at radius 3 is 3.00 bits per heavy atom. The van der Waals surface area contributed by atoms with Gasteiger partial charge in [-0.05, 0) is 24.8 Å². The van der Waals surface area contributed by atoms with Crippen LogP contribution in [0.1, 0.15) is 24.1 Å². The van der Waals surface area contributed by atoms with Gasteiger partial charge >= 0.3 is 12.1 Å². The molecule has 0 spiro atoms. The predicted molar refractivity (Wildman–Crippen MR) is 68.4 cm³/mol. The standard InChI is InChI=1S/C13H17N3O4/c1-2-20-12(17)7-16-6-10-9-5-15(13(18)19)4-8(9)3-11(10)14-16/h6,8-9H,2-5,7H2,1H3,(H,18,19). The summed E-state index contributed by atoms with van der Waals surface area (Å²) >= 11 is 0. The number of nitrogens with zero attached hydrogens (tertiary/aromatic N) is 3. The summed E-state index contributed by atoms with van der Waals surface area (Å²) < 4.78 is 6.50. The number of hydrogen-bond donors (Lipinski definition) is 1. The average Bonchev–Trinajstić information content (AvgIpc) is 2.99. The van der Waals surface area contributed by atoms with E-state index in [9.17, 15) is 9.59 Å². The minimum absolute atomic E-state index is 0.112. The highest BCUT2D eigenvalue weighted by Crippen LogP contribution is 2.42. The van der Waals surface area contributed by atoms with Crippen LogP contribution in [0.3, 0.4) is 0 Å². The van der Waals surface area contributed by atoms with Crippen molar-refractivity contribution in [3.63, 3.8) is 0 Å². The second-order valence-corrected chi connectivity index (χ2v) is 5.29. The summed E-state index contributed by atoms with van der Waals surface area (Å²) in [5.41, 5.74) is 2.08. The van der Waals surface area contributed by atoms with Crippen LogP contribution in [0.4, 0.5) is 4.79 Å². The van der Waals surface area contributed by atoms with Crippen molar-refractivity contribution in [2.45, 2.75) is 25.8 Å². The number of fused-ring (bicyclic) bond motifs is 3. The van der Waals surface area contributed by atoms with Crippen molar-refractivity contribution in [1.29, 1.82) is 0 Å². The molecule has 2 heterocycles. The lowest BCUT2D eigenvalue weighted by Crippen LogP contribution is -2.27. The molecule has 1 aromatic rings. The third-order valence-electron chi connectivity index (χ3n) is 4.03. The van der Waals surface area contributed by atoms with Crippen molar-refractivity contribution < 1.29 is 19.4 Å². The summed E-state index contributed by atoms with van der Waals surface area (Å²) in [6.45, 7) is 3.34. The van der Waals surface area contributed by atoms with E-state index in [0.29, 0.717) is 25.6 Å². The van der Waals surface area contributed by atoms with Gasteiger partial charge in [-0.2, -0.15) is 5.10 Å². The smallest absolute Gasteiger partial charge is 0.407 e. The van der Waals surface area contributed by atoms with Crippen LogP contribution in [-0.4, -0.2) is 51.5 Å². The van der Waals surface area contributed by atoms with E-state index in [1.54, 1.807) is 11.6 Å². The first-order valence-corrected chi connectivity index (χ1v) is 6.78. The lowest BCUT2D eigenvalue weighted by Gasteiger charge is -2.11. The van der Waals surface area contributed by atoms with E-state index in [1.807, 2.05) is 6.20 Å². The van der Waals surface area contributed by atoms with Gasteiger partial charge in [0, 0.05) is 25.2 Å². The number of aromatic nitrogens is 2. The van der Waals surface area contributed by atoms with E-state index >= 15 is 0 Å². The highest BCUT2D eigenvalue weighted by atomic mass is 16.5. The van der Waals surface area contributed by atoms with Gasteiger partial charge < -0.3 is 14.7 Å². The van der Waals surface area contributed by atoms with Crippen LogP contribution in [0.25, 0.3) is 0 Å². The Kier molecular flexibility index (Phi) is 3.11. The maximum Gasteiger partial charge on any atom is 0.407 e. The van der Waals surface area contributed by atoms with Crippen molar-refractivity contribution in [2.75, 3.05) is 19.7 Å². The molecule has 1 amide bonds. The van der Waals surface area contributed by atoms with Crippen LogP contribution in [0, 0.1) is 5.92 Å². The first kappa shape index (κ1) is 13.0. The first-order chi connectivity index (χ1) is 9.58. The minimum atomic E-state index is -0.861. The first-order valence-electron chi connectivity index (χ1n) is 6.78. The van der Waals surface area contributed by atoms with Crippen molar-refractivity contribution in [2.24, 2.45) is 5.92 Å². The Bertz CT molecular complexity index is 554. The Balaban J connectivity index is 1.72. The Morgan fingerprint density at radius 1 is 1.50 bits per heavy atom. The summed E-state index contributed by atoms with van der Waals surface area (Å²) in [6, 6.07) is 0. The molecular weight excluding hydrogens is 262 g/mol. The molecule has 108 valence electrons. The van der Waals surface area contributed by atoms with Crippen molar-refractivity contribution >= 4 is 12.1 Å². The molecule has 7 nitrogen and oxygen atoms in total. The number of carboxylic acid groups (broad SMARTS) is 1. The van der Waals surface area contributed by atoms with Gasteiger partial charge in [-0.3, -0.25) is 9.48 Å². The maximum absolute atomic E-state index is 11.4. The molecule has 0 aromatic carbocycles. The van der Waals surface area contributed by atoms with E-state index in [4.69, 9.17) is 9.84 Å². The third-order valence-corrected chi connectivity index (χ3v) is 4.03. The van der Waals surface area contributed by atoms with E-state index in [0.717, 1.165) is 17.7 Å². The van der Waals surface area contributed by atoms with Crippen LogP contribution < -0.4 is 0 Å². The average molecular weight is 279 g/mol. The van der Waals surface area contributed by atoms with Gasteiger partial charge in [0.2, 0.25) is 0 Å². The highest BCUT2D eigenvalue weighted by Gasteiger charge is 2.43. The van der Waals surface area contributed by atoms with Gasteiger partial charge in [0.1, 0.15) is 6.54 Å². The number of carbonyl (C=O) groups is 2. The molecule has 2 unspecified atom stereocenters. The van der Waals surface area contributed by atoms with Crippen LogP contribution in [0.15, 0.2) is 6.20 Å². The zero-order chi connectivity index (χ0) is 14.3. The van der Waals surface area contributed by atoms with Crippen LogP contribution in [0.5, 0.6) is 0 Å². The quantitative estimate of drug-likeness (QED) is 0.823. The maximum atomic E-state index is 11.4. The molecule has 3 rings (SSSR count). The van der Waals surface area contributed by atoms with Crippen molar-refractivity contribution in [3.05, 3.63) is 17.5 Å². The molecule has 0 bridgehead atoms. The largest absolute Gasteiger partial charge is 0.465 e. The molecule has 1 N–H and O–H groups in total. The fourth-order valence-corrected chi connectivity index (χ4v) is 3.20. The van der Waals surface area contributed by atoms with Crippen LogP contribution in [-0.2, 0) is 22.5 Å². The number of hydrogen-bond acceptors (Lipinski definition) is 4. The molecule has 1 fully saturated rings. The highest BCUT2D eigenvalue weighted by molar-refractivity contribution is 5.69. The van der Waals surface area contributed by atoms with Gasteiger partial charge in [-0.25, -0.2) is 4.79 Å². The number of ether oxygens (including phenoxy) is 1. The molecular formula is C13H17N3O4. The number of esters is 1. The fourth-order valence-electron chi connectivity index (χ4n) is 3.20. The van der Waals surface area contributed by atoms with E-state index < -0.39 is 6.09 Å². The number of rotatable bonds is 3. The van der Waals surface area contributed by atoms with E-state index in [-0.39, 0.29) is 18.4 Å². The Morgan fingerprint density at radius 2 is 2.30 bits per heavy atom. The van der Waals surface area contributed by atoms with E-state index in [2.05, 4.69) is 5.10 Å². The van der Waals surface area contributed by atoms with Gasteiger partial charge in [-0.1, -0.05) is 0 Å². The Labute approximate surface area is 116 Å². The molecule has 1 aliphatic heterocycles. The topological polar surface area (TPSA) is 84.7 Å². The van der Waals surface area contributed by atoms with Gasteiger partial charge in [0.25, 0.3) is 0 Å². The molecule has 1 aromatic heterocycles. The summed E-state index contributed by atoms with van der Waals surface area (Å²) in [4.78, 5) is 23.9. The van der Waals surface area contributed by atoms with Gasteiger partial charge in [0.15, 0.2) is 0 Å². The lowest BCUT2D eigenvalue weighted by molar-refractivity contribution is -0.144. The fraction of sp³-hybridized carbons (Fsp3) is 0.615. The predicted octanol–water partition coefficient (Wildman–Crippen LogP) is 0.696. The molecule has 7 heteroatoms. The molecule has 20 heavy (non-hydrogen) atoms.